The third kappa shape index (κ3) is 4.54. The number of carbonyl (C=O) groups is 1. The molecule has 1 aliphatic rings. The first-order chi connectivity index (χ1) is 12.1. The third-order valence-electron chi connectivity index (χ3n) is 4.59. The first kappa shape index (κ1) is 17.4. The third-order valence-corrected chi connectivity index (χ3v) is 4.59. The summed E-state index contributed by atoms with van der Waals surface area (Å²) in [4.78, 5) is 26.1. The second kappa shape index (κ2) is 8.07. The van der Waals surface area contributed by atoms with Crippen molar-refractivity contribution in [3.63, 3.8) is 0 Å². The largest absolute Gasteiger partial charge is 0.347 e. The van der Waals surface area contributed by atoms with Gasteiger partial charge in [-0.3, -0.25) is 14.5 Å². The van der Waals surface area contributed by atoms with Crippen LogP contribution in [-0.2, 0) is 20.1 Å². The van der Waals surface area contributed by atoms with Crippen LogP contribution in [0.2, 0.25) is 0 Å². The van der Waals surface area contributed by atoms with Crippen LogP contribution in [0.25, 0.3) is 0 Å². The number of aryl methyl sites for hydroxylation is 1. The topological polar surface area (TPSA) is 67.2 Å². The molecule has 6 heteroatoms. The van der Waals surface area contributed by atoms with Gasteiger partial charge in [0.2, 0.25) is 0 Å². The molecular formula is C19H24N4O2. The van der Waals surface area contributed by atoms with Crippen LogP contribution in [-0.4, -0.2) is 33.7 Å². The van der Waals surface area contributed by atoms with Gasteiger partial charge in [0.05, 0.1) is 0 Å². The minimum atomic E-state index is -0.275. The standard InChI is InChI=1S/C19H24N4O2/c1-22-18(24)10-9-17(21-22)19(25)20-13-15-7-3-4-8-16(15)14-23-11-5-2-6-12-23/h3-4,7-10H,2,5-6,11-14H2,1H3,(H,20,25). The fourth-order valence-corrected chi connectivity index (χ4v) is 3.13. The number of benzene rings is 1. The van der Waals surface area contributed by atoms with Crippen molar-refractivity contribution in [3.05, 3.63) is 63.6 Å². The van der Waals surface area contributed by atoms with E-state index in [1.54, 1.807) is 0 Å². The molecule has 1 aromatic carbocycles. The number of likely N-dealkylation sites (tertiary alicyclic amines) is 1. The van der Waals surface area contributed by atoms with Crippen LogP contribution in [0.1, 0.15) is 40.9 Å². The molecule has 0 aliphatic carbocycles. The van der Waals surface area contributed by atoms with E-state index in [-0.39, 0.29) is 17.2 Å². The maximum atomic E-state index is 12.3. The molecule has 1 fully saturated rings. The van der Waals surface area contributed by atoms with Gasteiger partial charge >= 0.3 is 0 Å². The van der Waals surface area contributed by atoms with E-state index in [0.29, 0.717) is 6.54 Å². The van der Waals surface area contributed by atoms with Gasteiger partial charge in [-0.1, -0.05) is 30.7 Å². The average molecular weight is 340 g/mol. The van der Waals surface area contributed by atoms with Crippen LogP contribution >= 0.6 is 0 Å². The van der Waals surface area contributed by atoms with E-state index in [4.69, 9.17) is 0 Å². The van der Waals surface area contributed by atoms with Gasteiger partial charge in [0.15, 0.2) is 0 Å². The Morgan fingerprint density at radius 3 is 2.52 bits per heavy atom. The molecule has 6 nitrogen and oxygen atoms in total. The maximum Gasteiger partial charge on any atom is 0.271 e. The molecule has 1 aromatic heterocycles. The van der Waals surface area contributed by atoms with E-state index >= 15 is 0 Å². The van der Waals surface area contributed by atoms with E-state index in [0.717, 1.165) is 25.2 Å². The number of amides is 1. The summed E-state index contributed by atoms with van der Waals surface area (Å²) in [6, 6.07) is 11.0. The Morgan fingerprint density at radius 2 is 1.80 bits per heavy atom. The highest BCUT2D eigenvalue weighted by Crippen LogP contribution is 2.16. The van der Waals surface area contributed by atoms with Gasteiger partial charge in [0.25, 0.3) is 11.5 Å². The monoisotopic (exact) mass is 340 g/mol. The number of piperidine rings is 1. The Hall–Kier alpha value is -2.47. The van der Waals surface area contributed by atoms with Crippen molar-refractivity contribution in [1.82, 2.24) is 20.0 Å². The normalized spacial score (nSPS) is 15.1. The number of hydrogen-bond donors (Lipinski definition) is 1. The Morgan fingerprint density at radius 1 is 1.08 bits per heavy atom. The number of hydrogen-bond acceptors (Lipinski definition) is 4. The van der Waals surface area contributed by atoms with Crippen molar-refractivity contribution in [2.45, 2.75) is 32.4 Å². The molecule has 3 rings (SSSR count). The molecule has 0 saturated carbocycles. The van der Waals surface area contributed by atoms with Crippen LogP contribution in [0.3, 0.4) is 0 Å². The smallest absolute Gasteiger partial charge is 0.271 e. The van der Waals surface area contributed by atoms with Crippen LogP contribution < -0.4 is 10.9 Å². The zero-order chi connectivity index (χ0) is 17.6. The first-order valence-electron chi connectivity index (χ1n) is 8.75. The van der Waals surface area contributed by atoms with Crippen molar-refractivity contribution in [1.29, 1.82) is 0 Å². The summed E-state index contributed by atoms with van der Waals surface area (Å²) in [5.41, 5.74) is 2.38. The second-order valence-corrected chi connectivity index (χ2v) is 6.47. The molecule has 0 bridgehead atoms. The summed E-state index contributed by atoms with van der Waals surface area (Å²) in [6.07, 6.45) is 3.84. The quantitative estimate of drug-likeness (QED) is 0.899. The molecule has 1 saturated heterocycles. The number of nitrogens with one attached hydrogen (secondary N) is 1. The lowest BCUT2D eigenvalue weighted by atomic mass is 10.0. The molecule has 132 valence electrons. The highest BCUT2D eigenvalue weighted by atomic mass is 16.2. The first-order valence-corrected chi connectivity index (χ1v) is 8.75. The minimum Gasteiger partial charge on any atom is -0.347 e. The van der Waals surface area contributed by atoms with E-state index < -0.39 is 0 Å². The SMILES string of the molecule is Cn1nc(C(=O)NCc2ccccc2CN2CCCCC2)ccc1=O. The summed E-state index contributed by atoms with van der Waals surface area (Å²) in [5.74, 6) is -0.275. The Balaban J connectivity index is 1.65. The van der Waals surface area contributed by atoms with Gasteiger partial charge in [0.1, 0.15) is 5.69 Å². The molecule has 0 radical (unpaired) electrons. The molecule has 1 amide bonds. The molecule has 1 N–H and O–H groups in total. The van der Waals surface area contributed by atoms with Crippen molar-refractivity contribution < 1.29 is 4.79 Å². The molecule has 25 heavy (non-hydrogen) atoms. The van der Waals surface area contributed by atoms with E-state index in [2.05, 4.69) is 21.4 Å². The van der Waals surface area contributed by atoms with Crippen molar-refractivity contribution in [2.75, 3.05) is 13.1 Å². The number of aromatic nitrogens is 2. The lowest BCUT2D eigenvalue weighted by Gasteiger charge is -2.27. The highest BCUT2D eigenvalue weighted by Gasteiger charge is 2.13. The van der Waals surface area contributed by atoms with Gasteiger partial charge in [-0.25, -0.2) is 4.68 Å². The van der Waals surface area contributed by atoms with Gasteiger partial charge < -0.3 is 5.32 Å². The van der Waals surface area contributed by atoms with E-state index in [1.165, 1.54) is 48.7 Å². The summed E-state index contributed by atoms with van der Waals surface area (Å²) >= 11 is 0. The Kier molecular flexibility index (Phi) is 5.60. The van der Waals surface area contributed by atoms with Gasteiger partial charge in [-0.05, 0) is 43.1 Å². The van der Waals surface area contributed by atoms with Crippen LogP contribution in [0, 0.1) is 0 Å². The van der Waals surface area contributed by atoms with Gasteiger partial charge in [0, 0.05) is 26.2 Å². The fourth-order valence-electron chi connectivity index (χ4n) is 3.13. The zero-order valence-electron chi connectivity index (χ0n) is 14.6. The zero-order valence-corrected chi connectivity index (χ0v) is 14.6. The molecule has 2 heterocycles. The molecule has 1 aliphatic heterocycles. The van der Waals surface area contributed by atoms with Gasteiger partial charge in [-0.15, -0.1) is 0 Å². The summed E-state index contributed by atoms with van der Waals surface area (Å²) in [7, 11) is 1.53. The van der Waals surface area contributed by atoms with Crippen molar-refractivity contribution in [3.8, 4) is 0 Å². The lowest BCUT2D eigenvalue weighted by Crippen LogP contribution is -2.31. The fraction of sp³-hybridized carbons (Fsp3) is 0.421. The predicted octanol–water partition coefficient (Wildman–Crippen LogP) is 1.70. The molecule has 0 atom stereocenters. The van der Waals surface area contributed by atoms with Crippen LogP contribution in [0.4, 0.5) is 0 Å². The van der Waals surface area contributed by atoms with Crippen LogP contribution in [0.5, 0.6) is 0 Å². The summed E-state index contributed by atoms with van der Waals surface area (Å²) in [5, 5.41) is 6.89. The Labute approximate surface area is 147 Å². The minimum absolute atomic E-state index is 0.233. The van der Waals surface area contributed by atoms with Crippen LogP contribution in [0.15, 0.2) is 41.2 Å². The Bertz CT molecular complexity index is 794. The number of carbonyl (C=O) groups excluding carboxylic acids is 1. The number of rotatable bonds is 5. The maximum absolute atomic E-state index is 12.3. The average Bonchev–Trinajstić information content (AvgIpc) is 2.64. The van der Waals surface area contributed by atoms with E-state index in [1.807, 2.05) is 18.2 Å². The van der Waals surface area contributed by atoms with E-state index in [9.17, 15) is 9.59 Å². The van der Waals surface area contributed by atoms with Crippen molar-refractivity contribution in [2.24, 2.45) is 7.05 Å². The predicted molar refractivity (Wildman–Crippen MR) is 96.2 cm³/mol. The van der Waals surface area contributed by atoms with Gasteiger partial charge in [-0.2, -0.15) is 5.10 Å². The summed E-state index contributed by atoms with van der Waals surface area (Å²) in [6.45, 7) is 3.66. The molecule has 0 spiro atoms. The molecular weight excluding hydrogens is 316 g/mol. The lowest BCUT2D eigenvalue weighted by molar-refractivity contribution is 0.0943. The molecule has 0 unspecified atom stereocenters. The summed E-state index contributed by atoms with van der Waals surface area (Å²) < 4.78 is 1.17. The highest BCUT2D eigenvalue weighted by molar-refractivity contribution is 5.91. The molecule has 2 aromatic rings. The number of nitrogens with zero attached hydrogens (tertiary/aromatic N) is 3. The van der Waals surface area contributed by atoms with Crippen molar-refractivity contribution >= 4 is 5.91 Å². The second-order valence-electron chi connectivity index (χ2n) is 6.47.